The zero-order chi connectivity index (χ0) is 15.9. The molecule has 2 aromatic rings. The van der Waals surface area contributed by atoms with Crippen LogP contribution >= 0.6 is 0 Å². The molecule has 0 saturated heterocycles. The van der Waals surface area contributed by atoms with Crippen LogP contribution < -0.4 is 15.4 Å². The molecule has 4 nitrogen and oxygen atoms in total. The van der Waals surface area contributed by atoms with E-state index in [0.29, 0.717) is 24.0 Å². The second kappa shape index (κ2) is 7.79. The monoisotopic (exact) mass is 311 g/mol. The van der Waals surface area contributed by atoms with Crippen LogP contribution in [-0.2, 0) is 4.79 Å². The van der Waals surface area contributed by atoms with Crippen molar-refractivity contribution in [3.63, 3.8) is 0 Å². The third-order valence-electron chi connectivity index (χ3n) is 4.17. The molecule has 0 spiro atoms. The summed E-state index contributed by atoms with van der Waals surface area (Å²) in [5, 5.41) is 5.12. The molecule has 1 aliphatic carbocycles. The van der Waals surface area contributed by atoms with Crippen LogP contribution in [0.2, 0.25) is 0 Å². The van der Waals surface area contributed by atoms with Gasteiger partial charge in [0.15, 0.2) is 12.3 Å². The van der Waals surface area contributed by atoms with Gasteiger partial charge in [-0.25, -0.2) is 0 Å². The van der Waals surface area contributed by atoms with Crippen LogP contribution in [0.1, 0.15) is 25.7 Å². The van der Waals surface area contributed by atoms with Crippen molar-refractivity contribution in [3.8, 4) is 11.5 Å². The number of hydrogen-bond donors (Lipinski definition) is 2. The van der Waals surface area contributed by atoms with Crippen molar-refractivity contribution < 1.29 is 14.8 Å². The fraction of sp³-hybridized carbons (Fsp3) is 0.316. The zero-order valence-electron chi connectivity index (χ0n) is 13.2. The van der Waals surface area contributed by atoms with Crippen molar-refractivity contribution in [3.05, 3.63) is 54.6 Å². The summed E-state index contributed by atoms with van der Waals surface area (Å²) in [5.41, 5.74) is 0.709. The van der Waals surface area contributed by atoms with Gasteiger partial charge in [0, 0.05) is 0 Å². The third-order valence-corrected chi connectivity index (χ3v) is 4.17. The predicted octanol–water partition coefficient (Wildman–Crippen LogP) is 2.92. The summed E-state index contributed by atoms with van der Waals surface area (Å²) in [6.45, 7) is 0.463. The van der Waals surface area contributed by atoms with E-state index >= 15 is 0 Å². The van der Waals surface area contributed by atoms with E-state index in [9.17, 15) is 4.79 Å². The van der Waals surface area contributed by atoms with E-state index in [1.807, 2.05) is 54.6 Å². The molecule has 1 fully saturated rings. The summed E-state index contributed by atoms with van der Waals surface area (Å²) in [5.74, 6) is 1.43. The van der Waals surface area contributed by atoms with Crippen LogP contribution in [-0.4, -0.2) is 18.5 Å². The summed E-state index contributed by atoms with van der Waals surface area (Å²) in [7, 11) is 0. The molecule has 1 saturated carbocycles. The Morgan fingerprint density at radius 2 is 1.74 bits per heavy atom. The number of hydrogen-bond acceptors (Lipinski definition) is 2. The molecule has 1 aliphatic rings. The molecule has 120 valence electrons. The van der Waals surface area contributed by atoms with Gasteiger partial charge in [-0.15, -0.1) is 0 Å². The van der Waals surface area contributed by atoms with Gasteiger partial charge < -0.3 is 15.4 Å². The Bertz CT molecular complexity index is 637. The minimum Gasteiger partial charge on any atom is -0.455 e. The molecule has 4 heteroatoms. The number of ether oxygens (including phenoxy) is 1. The largest absolute Gasteiger partial charge is 0.455 e. The van der Waals surface area contributed by atoms with Crippen LogP contribution in [0.4, 0.5) is 5.69 Å². The average Bonchev–Trinajstić information content (AvgIpc) is 3.09. The van der Waals surface area contributed by atoms with E-state index in [-0.39, 0.29) is 5.91 Å². The maximum absolute atomic E-state index is 12.2. The summed E-state index contributed by atoms with van der Waals surface area (Å²) in [6, 6.07) is 17.7. The topological polar surface area (TPSA) is 54.9 Å². The van der Waals surface area contributed by atoms with E-state index in [1.54, 1.807) is 0 Å². The lowest BCUT2D eigenvalue weighted by molar-refractivity contribution is -0.677. The summed E-state index contributed by atoms with van der Waals surface area (Å²) < 4.78 is 5.86. The predicted molar refractivity (Wildman–Crippen MR) is 90.6 cm³/mol. The van der Waals surface area contributed by atoms with Gasteiger partial charge in [0.2, 0.25) is 0 Å². The molecular weight excluding hydrogens is 288 g/mol. The van der Waals surface area contributed by atoms with Gasteiger partial charge in [-0.2, -0.15) is 0 Å². The molecule has 0 bridgehead atoms. The Kier molecular flexibility index (Phi) is 5.27. The lowest BCUT2D eigenvalue weighted by Gasteiger charge is -2.13. The molecule has 0 atom stereocenters. The first-order valence-electron chi connectivity index (χ1n) is 8.26. The molecule has 0 aromatic heterocycles. The molecular formula is C19H23N2O2+. The van der Waals surface area contributed by atoms with Gasteiger partial charge in [-0.3, -0.25) is 4.79 Å². The first-order valence-corrected chi connectivity index (χ1v) is 8.26. The first-order chi connectivity index (χ1) is 11.3. The van der Waals surface area contributed by atoms with Crippen molar-refractivity contribution in [1.29, 1.82) is 0 Å². The molecule has 0 radical (unpaired) electrons. The van der Waals surface area contributed by atoms with Crippen LogP contribution in [0.25, 0.3) is 0 Å². The third kappa shape index (κ3) is 4.57. The fourth-order valence-electron chi connectivity index (χ4n) is 2.94. The smallest absolute Gasteiger partial charge is 0.279 e. The fourth-order valence-corrected chi connectivity index (χ4v) is 2.94. The Morgan fingerprint density at radius 1 is 1.04 bits per heavy atom. The maximum atomic E-state index is 12.2. The van der Waals surface area contributed by atoms with Gasteiger partial charge in [0.1, 0.15) is 5.75 Å². The molecule has 0 unspecified atom stereocenters. The van der Waals surface area contributed by atoms with Gasteiger partial charge >= 0.3 is 0 Å². The quantitative estimate of drug-likeness (QED) is 0.862. The molecule has 1 amide bonds. The number of carbonyl (C=O) groups excluding carboxylic acids is 1. The standard InChI is InChI=1S/C19H22N2O2/c22-19(14-20-15-8-4-5-9-15)21-17-12-6-7-13-18(17)23-16-10-2-1-3-11-16/h1-3,6-7,10-13,15,20H,4-5,8-9,14H2,(H,21,22)/p+1. The molecule has 0 aliphatic heterocycles. The highest BCUT2D eigenvalue weighted by Gasteiger charge is 2.19. The van der Waals surface area contributed by atoms with Crippen molar-refractivity contribution in [2.45, 2.75) is 31.7 Å². The Balaban J connectivity index is 1.59. The van der Waals surface area contributed by atoms with Gasteiger partial charge in [0.25, 0.3) is 5.91 Å². The Morgan fingerprint density at radius 3 is 2.52 bits per heavy atom. The highest BCUT2D eigenvalue weighted by molar-refractivity contribution is 5.92. The SMILES string of the molecule is O=C(C[NH2+]C1CCCC1)Nc1ccccc1Oc1ccccc1. The number of nitrogens with two attached hydrogens (primary N) is 1. The lowest BCUT2D eigenvalue weighted by Crippen LogP contribution is -2.91. The van der Waals surface area contributed by atoms with Crippen LogP contribution in [0, 0.1) is 0 Å². The number of quaternary nitrogens is 1. The number of amides is 1. The number of nitrogens with one attached hydrogen (secondary N) is 1. The zero-order valence-corrected chi connectivity index (χ0v) is 13.2. The summed E-state index contributed by atoms with van der Waals surface area (Å²) in [6.07, 6.45) is 5.02. The lowest BCUT2D eigenvalue weighted by atomic mass is 10.2. The van der Waals surface area contributed by atoms with Gasteiger partial charge in [-0.1, -0.05) is 30.3 Å². The van der Waals surface area contributed by atoms with Gasteiger partial charge in [0.05, 0.1) is 11.7 Å². The molecule has 0 heterocycles. The van der Waals surface area contributed by atoms with E-state index in [0.717, 1.165) is 5.75 Å². The summed E-state index contributed by atoms with van der Waals surface area (Å²) >= 11 is 0. The molecule has 23 heavy (non-hydrogen) atoms. The average molecular weight is 311 g/mol. The first kappa shape index (κ1) is 15.6. The summed E-state index contributed by atoms with van der Waals surface area (Å²) in [4.78, 5) is 12.2. The second-order valence-electron chi connectivity index (χ2n) is 5.94. The Labute approximate surface area is 136 Å². The normalized spacial score (nSPS) is 14.6. The second-order valence-corrected chi connectivity index (χ2v) is 5.94. The number of para-hydroxylation sites is 3. The van der Waals surface area contributed by atoms with E-state index in [4.69, 9.17) is 4.74 Å². The Hall–Kier alpha value is -2.33. The number of anilines is 1. The number of benzene rings is 2. The van der Waals surface area contributed by atoms with Crippen molar-refractivity contribution in [2.24, 2.45) is 0 Å². The highest BCUT2D eigenvalue weighted by Crippen LogP contribution is 2.28. The van der Waals surface area contributed by atoms with E-state index in [1.165, 1.54) is 25.7 Å². The molecule has 3 rings (SSSR count). The number of carbonyl (C=O) groups is 1. The molecule has 2 aromatic carbocycles. The van der Waals surface area contributed by atoms with Gasteiger partial charge in [-0.05, 0) is 49.9 Å². The van der Waals surface area contributed by atoms with Crippen LogP contribution in [0.3, 0.4) is 0 Å². The van der Waals surface area contributed by atoms with E-state index < -0.39 is 0 Å². The van der Waals surface area contributed by atoms with Crippen LogP contribution in [0.15, 0.2) is 54.6 Å². The number of rotatable bonds is 6. The minimum absolute atomic E-state index is 0.0148. The molecule has 3 N–H and O–H groups in total. The highest BCUT2D eigenvalue weighted by atomic mass is 16.5. The van der Waals surface area contributed by atoms with E-state index in [2.05, 4.69) is 10.6 Å². The van der Waals surface area contributed by atoms with Crippen LogP contribution in [0.5, 0.6) is 11.5 Å². The van der Waals surface area contributed by atoms with Crippen molar-refractivity contribution in [1.82, 2.24) is 0 Å². The maximum Gasteiger partial charge on any atom is 0.279 e. The van der Waals surface area contributed by atoms with Crippen molar-refractivity contribution in [2.75, 3.05) is 11.9 Å². The van der Waals surface area contributed by atoms with Crippen molar-refractivity contribution >= 4 is 11.6 Å². The minimum atomic E-state index is 0.0148.